The van der Waals surface area contributed by atoms with Crippen LogP contribution in [0.4, 0.5) is 0 Å². The molecule has 0 saturated heterocycles. The first-order chi connectivity index (χ1) is 23.1. The van der Waals surface area contributed by atoms with E-state index in [1.165, 1.54) is 32.1 Å². The van der Waals surface area contributed by atoms with Crippen LogP contribution in [-0.4, -0.2) is 15.0 Å². The van der Waals surface area contributed by atoms with Gasteiger partial charge in [0.1, 0.15) is 0 Å². The zero-order valence-corrected chi connectivity index (χ0v) is 26.9. The SMILES string of the molecule is Clc1ccc(-c2ccccc2-c2nc(-c3ccccc3)nc(-c3ccccc3)n2)cc1-c1ccc(C23CC4CC5CC(C2)C53C4)cc1. The molecule has 4 saturated carbocycles. The van der Waals surface area contributed by atoms with E-state index in [1.807, 2.05) is 66.7 Å². The molecule has 1 aromatic heterocycles. The molecular weight excluding hydrogens is 594 g/mol. The third kappa shape index (κ3) is 3.96. The van der Waals surface area contributed by atoms with Gasteiger partial charge in [-0.2, -0.15) is 0 Å². The van der Waals surface area contributed by atoms with Gasteiger partial charge in [0.2, 0.25) is 0 Å². The summed E-state index contributed by atoms with van der Waals surface area (Å²) in [6, 6.07) is 44.5. The average Bonchev–Trinajstić information content (AvgIpc) is 3.63. The number of halogens is 1. The molecular formula is C43H34ClN3. The number of aromatic nitrogens is 3. The number of nitrogens with zero attached hydrogens (tertiary/aromatic N) is 3. The van der Waals surface area contributed by atoms with Crippen LogP contribution in [0.2, 0.25) is 5.02 Å². The molecule has 5 unspecified atom stereocenters. The molecule has 1 heterocycles. The maximum absolute atomic E-state index is 6.92. The highest BCUT2D eigenvalue weighted by molar-refractivity contribution is 6.33. The van der Waals surface area contributed by atoms with Crippen LogP contribution in [0, 0.1) is 23.2 Å². The fourth-order valence-corrected chi connectivity index (χ4v) is 10.7. The van der Waals surface area contributed by atoms with Crippen LogP contribution in [0.1, 0.15) is 37.7 Å². The van der Waals surface area contributed by atoms with Crippen molar-refractivity contribution in [3.8, 4) is 56.4 Å². The summed E-state index contributed by atoms with van der Waals surface area (Å²) in [7, 11) is 0. The topological polar surface area (TPSA) is 38.7 Å². The van der Waals surface area contributed by atoms with Crippen LogP contribution in [0.5, 0.6) is 0 Å². The van der Waals surface area contributed by atoms with Gasteiger partial charge in [-0.1, -0.05) is 127 Å². The monoisotopic (exact) mass is 627 g/mol. The first-order valence-electron chi connectivity index (χ1n) is 17.0. The number of fused-ring (bicyclic) bond motifs is 1. The molecule has 0 radical (unpaired) electrons. The summed E-state index contributed by atoms with van der Waals surface area (Å²) in [5.41, 5.74) is 9.86. The Hall–Kier alpha value is -4.60. The highest BCUT2D eigenvalue weighted by atomic mass is 35.5. The van der Waals surface area contributed by atoms with E-state index >= 15 is 0 Å². The van der Waals surface area contributed by atoms with Gasteiger partial charge in [0.15, 0.2) is 17.5 Å². The predicted octanol–water partition coefficient (Wildman–Crippen LogP) is 10.9. The van der Waals surface area contributed by atoms with Crippen molar-refractivity contribution in [3.63, 3.8) is 0 Å². The summed E-state index contributed by atoms with van der Waals surface area (Å²) < 4.78 is 0. The first kappa shape index (κ1) is 27.5. The van der Waals surface area contributed by atoms with Gasteiger partial charge >= 0.3 is 0 Å². The van der Waals surface area contributed by atoms with Crippen molar-refractivity contribution < 1.29 is 0 Å². The van der Waals surface area contributed by atoms with Gasteiger partial charge < -0.3 is 0 Å². The number of hydrogen-bond acceptors (Lipinski definition) is 3. The van der Waals surface area contributed by atoms with Crippen LogP contribution in [0.3, 0.4) is 0 Å². The minimum atomic E-state index is 0.439. The van der Waals surface area contributed by atoms with Gasteiger partial charge in [-0.05, 0) is 89.7 Å². The molecule has 228 valence electrons. The molecule has 0 amide bonds. The summed E-state index contributed by atoms with van der Waals surface area (Å²) in [5.74, 6) is 4.89. The second kappa shape index (κ2) is 10.2. The van der Waals surface area contributed by atoms with Crippen LogP contribution < -0.4 is 0 Å². The lowest BCUT2D eigenvalue weighted by Crippen LogP contribution is -2.68. The van der Waals surface area contributed by atoms with E-state index in [2.05, 4.69) is 60.7 Å². The third-order valence-corrected chi connectivity index (χ3v) is 12.6. The van der Waals surface area contributed by atoms with Gasteiger partial charge in [0, 0.05) is 32.7 Å². The van der Waals surface area contributed by atoms with E-state index in [0.717, 1.165) is 61.7 Å². The summed E-state index contributed by atoms with van der Waals surface area (Å²) in [6.07, 6.45) is 7.28. The van der Waals surface area contributed by atoms with Gasteiger partial charge in [0.05, 0.1) is 0 Å². The smallest absolute Gasteiger partial charge is 0.164 e. The molecule has 4 fully saturated rings. The summed E-state index contributed by atoms with van der Waals surface area (Å²) in [5, 5.41) is 0.760. The summed E-state index contributed by atoms with van der Waals surface area (Å²) in [4.78, 5) is 14.9. The van der Waals surface area contributed by atoms with E-state index < -0.39 is 0 Å². The Morgan fingerprint density at radius 3 is 1.77 bits per heavy atom. The van der Waals surface area contributed by atoms with Crippen LogP contribution in [0.15, 0.2) is 127 Å². The minimum absolute atomic E-state index is 0.439. The van der Waals surface area contributed by atoms with Crippen molar-refractivity contribution >= 4 is 11.6 Å². The molecule has 1 spiro atoms. The summed E-state index contributed by atoms with van der Waals surface area (Å²) >= 11 is 6.92. The van der Waals surface area contributed by atoms with Gasteiger partial charge in [-0.3, -0.25) is 0 Å². The normalized spacial score (nSPS) is 26.4. The highest BCUT2D eigenvalue weighted by Gasteiger charge is 2.80. The average molecular weight is 628 g/mol. The Labute approximate surface area is 280 Å². The quantitative estimate of drug-likeness (QED) is 0.184. The number of hydrogen-bond donors (Lipinski definition) is 0. The molecule has 0 N–H and O–H groups in total. The largest absolute Gasteiger partial charge is 0.208 e. The number of rotatable bonds is 6. The molecule has 6 aromatic rings. The molecule has 5 atom stereocenters. The van der Waals surface area contributed by atoms with Crippen molar-refractivity contribution in [1.29, 1.82) is 0 Å². The maximum atomic E-state index is 6.92. The first-order valence-corrected chi connectivity index (χ1v) is 17.4. The van der Waals surface area contributed by atoms with E-state index in [9.17, 15) is 0 Å². The molecule has 4 aliphatic rings. The van der Waals surface area contributed by atoms with Crippen molar-refractivity contribution in [1.82, 2.24) is 15.0 Å². The van der Waals surface area contributed by atoms with Crippen molar-refractivity contribution in [2.45, 2.75) is 37.5 Å². The van der Waals surface area contributed by atoms with Gasteiger partial charge in [0.25, 0.3) is 0 Å². The second-order valence-electron chi connectivity index (χ2n) is 14.3. The molecule has 5 aromatic carbocycles. The van der Waals surface area contributed by atoms with E-state index in [4.69, 9.17) is 26.6 Å². The fourth-order valence-electron chi connectivity index (χ4n) is 10.4. The molecule has 4 aliphatic carbocycles. The van der Waals surface area contributed by atoms with Gasteiger partial charge in [-0.15, -0.1) is 0 Å². The zero-order valence-electron chi connectivity index (χ0n) is 26.1. The van der Waals surface area contributed by atoms with E-state index in [1.54, 1.807) is 5.56 Å². The van der Waals surface area contributed by atoms with Gasteiger partial charge in [-0.25, -0.2) is 15.0 Å². The van der Waals surface area contributed by atoms with Crippen LogP contribution in [-0.2, 0) is 5.41 Å². The lowest BCUT2D eigenvalue weighted by atomic mass is 9.31. The Balaban J connectivity index is 1.04. The molecule has 0 aliphatic heterocycles. The Morgan fingerprint density at radius 1 is 0.489 bits per heavy atom. The van der Waals surface area contributed by atoms with E-state index in [0.29, 0.717) is 28.3 Å². The van der Waals surface area contributed by atoms with Crippen molar-refractivity contribution in [2.75, 3.05) is 0 Å². The Kier molecular flexibility index (Phi) is 5.97. The molecule has 4 heteroatoms. The lowest BCUT2D eigenvalue weighted by molar-refractivity contribution is -0.198. The Bertz CT molecular complexity index is 2100. The number of benzene rings is 5. The van der Waals surface area contributed by atoms with Crippen LogP contribution >= 0.6 is 11.6 Å². The molecule has 2 bridgehead atoms. The third-order valence-electron chi connectivity index (χ3n) is 12.3. The molecule has 47 heavy (non-hydrogen) atoms. The molecule has 3 nitrogen and oxygen atoms in total. The molecule has 10 rings (SSSR count). The van der Waals surface area contributed by atoms with Crippen molar-refractivity contribution in [3.05, 3.63) is 138 Å². The predicted molar refractivity (Wildman–Crippen MR) is 190 cm³/mol. The fraction of sp³-hybridized carbons (Fsp3) is 0.233. The Morgan fingerprint density at radius 2 is 1.11 bits per heavy atom. The maximum Gasteiger partial charge on any atom is 0.164 e. The minimum Gasteiger partial charge on any atom is -0.208 e. The standard InChI is InChI=1S/C43H34ClN3/c44-38-20-17-31(22-37(38)28-15-18-32(19-16-28)42-24-27-21-33-23-34(26-42)43(33,42)25-27)35-13-7-8-14-36(35)41-46-39(29-9-3-1-4-10-29)45-40(47-41)30-11-5-2-6-12-30/h1-20,22,27,33-34H,21,23-26H2. The van der Waals surface area contributed by atoms with E-state index in [-0.39, 0.29) is 0 Å². The second-order valence-corrected chi connectivity index (χ2v) is 14.7. The lowest BCUT2D eigenvalue weighted by Gasteiger charge is -2.73. The van der Waals surface area contributed by atoms with Crippen LogP contribution in [0.25, 0.3) is 56.4 Å². The van der Waals surface area contributed by atoms with Crippen molar-refractivity contribution in [2.24, 2.45) is 23.2 Å². The zero-order chi connectivity index (χ0) is 31.2. The summed E-state index contributed by atoms with van der Waals surface area (Å²) in [6.45, 7) is 0. The highest BCUT2D eigenvalue weighted by Crippen LogP contribution is 2.86.